The number of ketones is 1. The lowest BCUT2D eigenvalue weighted by Gasteiger charge is -2.15. The Labute approximate surface area is 154 Å². The van der Waals surface area contributed by atoms with Crippen LogP contribution in [0.4, 0.5) is 0 Å². The van der Waals surface area contributed by atoms with E-state index < -0.39 is 0 Å². The number of rotatable bonds is 8. The van der Waals surface area contributed by atoms with Gasteiger partial charge in [-0.25, -0.2) is 0 Å². The average molecular weight is 360 g/mol. The molecule has 2 fully saturated rings. The van der Waals surface area contributed by atoms with E-state index in [9.17, 15) is 9.59 Å². The van der Waals surface area contributed by atoms with Crippen LogP contribution in [0.5, 0.6) is 5.75 Å². The molecule has 0 saturated heterocycles. The molecule has 3 unspecified atom stereocenters. The molecule has 1 N–H and O–H groups in total. The fourth-order valence-corrected chi connectivity index (χ4v) is 4.01. The van der Waals surface area contributed by atoms with Gasteiger partial charge in [-0.3, -0.25) is 9.59 Å². The summed E-state index contributed by atoms with van der Waals surface area (Å²) in [5.41, 5.74) is 0.906. The molecule has 142 valence electrons. The monoisotopic (exact) mass is 360 g/mol. The van der Waals surface area contributed by atoms with E-state index in [0.717, 1.165) is 43.4 Å². The average Bonchev–Trinajstić information content (AvgIpc) is 3.23. The molecule has 0 aliphatic heterocycles. The third kappa shape index (κ3) is 5.56. The summed E-state index contributed by atoms with van der Waals surface area (Å²) in [6, 6.07) is 7.68. The second-order valence-electron chi connectivity index (χ2n) is 7.59. The molecule has 5 heteroatoms. The van der Waals surface area contributed by atoms with Gasteiger partial charge in [0.1, 0.15) is 18.1 Å². The van der Waals surface area contributed by atoms with Crippen LogP contribution in [0.25, 0.3) is 0 Å². The zero-order chi connectivity index (χ0) is 18.4. The topological polar surface area (TPSA) is 72.8 Å². The van der Waals surface area contributed by atoms with Crippen molar-refractivity contribution in [3.63, 3.8) is 0 Å². The molecule has 0 bridgehead atoms. The summed E-state index contributed by atoms with van der Waals surface area (Å²) >= 11 is 0. The van der Waals surface area contributed by atoms with Gasteiger partial charge < -0.3 is 14.6 Å². The van der Waals surface area contributed by atoms with Crippen molar-refractivity contribution >= 4 is 11.8 Å². The highest BCUT2D eigenvalue weighted by atomic mass is 16.5. The first-order chi connectivity index (χ1) is 12.6. The summed E-state index contributed by atoms with van der Waals surface area (Å²) < 4.78 is 11.4. The predicted molar refractivity (Wildman–Crippen MR) is 96.7 cm³/mol. The van der Waals surface area contributed by atoms with Crippen LogP contribution in [-0.2, 0) is 20.9 Å². The fraction of sp³-hybridized carbons (Fsp3) is 0.619. The van der Waals surface area contributed by atoms with Crippen molar-refractivity contribution in [3.05, 3.63) is 29.8 Å². The number of aliphatic hydroxyl groups excluding tert-OH is 1. The number of benzene rings is 1. The molecule has 5 nitrogen and oxygen atoms in total. The van der Waals surface area contributed by atoms with Crippen molar-refractivity contribution in [1.82, 2.24) is 0 Å². The van der Waals surface area contributed by atoms with E-state index in [2.05, 4.69) is 0 Å². The van der Waals surface area contributed by atoms with Gasteiger partial charge >= 0.3 is 5.97 Å². The first kappa shape index (κ1) is 18.9. The highest BCUT2D eigenvalue weighted by molar-refractivity contribution is 5.81. The molecular formula is C21H28O5. The lowest BCUT2D eigenvalue weighted by molar-refractivity contribution is -0.146. The van der Waals surface area contributed by atoms with Crippen LogP contribution < -0.4 is 4.74 Å². The smallest absolute Gasteiger partial charge is 0.306 e. The van der Waals surface area contributed by atoms with Gasteiger partial charge in [-0.15, -0.1) is 0 Å². The summed E-state index contributed by atoms with van der Waals surface area (Å²) in [5.74, 6) is 1.52. The Morgan fingerprint density at radius 2 is 2.08 bits per heavy atom. The molecule has 0 radical (unpaired) electrons. The lowest BCUT2D eigenvalue weighted by Crippen LogP contribution is -2.13. The first-order valence-electron chi connectivity index (χ1n) is 9.66. The van der Waals surface area contributed by atoms with Crippen molar-refractivity contribution in [2.24, 2.45) is 11.8 Å². The molecule has 2 saturated carbocycles. The summed E-state index contributed by atoms with van der Waals surface area (Å²) in [6.45, 7) is 0.474. The second-order valence-corrected chi connectivity index (χ2v) is 7.59. The third-order valence-corrected chi connectivity index (χ3v) is 5.43. The Kier molecular flexibility index (Phi) is 6.67. The van der Waals surface area contributed by atoms with Crippen molar-refractivity contribution in [3.8, 4) is 5.75 Å². The van der Waals surface area contributed by atoms with E-state index in [1.807, 2.05) is 24.3 Å². The molecule has 3 rings (SSSR count). The largest absolute Gasteiger partial charge is 0.490 e. The molecule has 26 heavy (non-hydrogen) atoms. The number of carbonyl (C=O) groups is 2. The molecule has 0 aromatic heterocycles. The minimum absolute atomic E-state index is 0.152. The van der Waals surface area contributed by atoms with Gasteiger partial charge in [-0.05, 0) is 61.6 Å². The Bertz CT molecular complexity index is 627. The predicted octanol–water partition coefficient (Wildman–Crippen LogP) is 3.42. The normalized spacial score (nSPS) is 25.4. The van der Waals surface area contributed by atoms with E-state index in [4.69, 9.17) is 14.6 Å². The van der Waals surface area contributed by atoms with Crippen molar-refractivity contribution in [1.29, 1.82) is 0 Å². The number of esters is 1. The van der Waals surface area contributed by atoms with Gasteiger partial charge in [0.15, 0.2) is 0 Å². The second kappa shape index (κ2) is 9.17. The Hall–Kier alpha value is -1.88. The van der Waals surface area contributed by atoms with Crippen molar-refractivity contribution in [2.45, 2.75) is 64.1 Å². The van der Waals surface area contributed by atoms with E-state index in [0.29, 0.717) is 25.2 Å². The molecule has 0 spiro atoms. The molecule has 3 atom stereocenters. The summed E-state index contributed by atoms with van der Waals surface area (Å²) in [4.78, 5) is 23.2. The minimum atomic E-state index is -0.237. The molecule has 0 heterocycles. The van der Waals surface area contributed by atoms with Crippen LogP contribution >= 0.6 is 0 Å². The zero-order valence-corrected chi connectivity index (χ0v) is 15.2. The van der Waals surface area contributed by atoms with Gasteiger partial charge in [-0.2, -0.15) is 0 Å². The molecule has 1 aromatic carbocycles. The van der Waals surface area contributed by atoms with Gasteiger partial charge in [-0.1, -0.05) is 12.1 Å². The summed E-state index contributed by atoms with van der Waals surface area (Å²) in [6.07, 6.45) is 6.39. The quantitative estimate of drug-likeness (QED) is 0.719. The molecular weight excluding hydrogens is 332 g/mol. The number of aliphatic hydroxyl groups is 1. The minimum Gasteiger partial charge on any atom is -0.490 e. The highest BCUT2D eigenvalue weighted by Crippen LogP contribution is 2.31. The third-order valence-electron chi connectivity index (χ3n) is 5.43. The van der Waals surface area contributed by atoms with Crippen LogP contribution in [0.2, 0.25) is 0 Å². The number of ether oxygens (including phenoxy) is 2. The standard InChI is InChI=1S/C21H28O5/c22-9-8-15-5-7-20(11-15)26-19-3-1-2-17(12-19)14-25-21(24)13-16-4-6-18(23)10-16/h1-3,12,15-16,20,22H,4-11,13-14H2. The van der Waals surface area contributed by atoms with E-state index in [1.54, 1.807) is 0 Å². The lowest BCUT2D eigenvalue weighted by atomic mass is 10.0. The maximum absolute atomic E-state index is 12.0. The Morgan fingerprint density at radius 1 is 1.19 bits per heavy atom. The fourth-order valence-electron chi connectivity index (χ4n) is 4.01. The van der Waals surface area contributed by atoms with Crippen LogP contribution in [0.3, 0.4) is 0 Å². The maximum atomic E-state index is 12.0. The van der Waals surface area contributed by atoms with Gasteiger partial charge in [0, 0.05) is 25.9 Å². The van der Waals surface area contributed by atoms with E-state index >= 15 is 0 Å². The van der Waals surface area contributed by atoms with E-state index in [1.165, 1.54) is 0 Å². The molecule has 2 aliphatic rings. The summed E-state index contributed by atoms with van der Waals surface area (Å²) in [5, 5.41) is 9.05. The van der Waals surface area contributed by atoms with Crippen LogP contribution in [0.15, 0.2) is 24.3 Å². The van der Waals surface area contributed by atoms with Crippen LogP contribution in [0, 0.1) is 11.8 Å². The SMILES string of the molecule is O=C1CCC(CC(=O)OCc2cccc(OC3CCC(CCO)C3)c2)C1. The number of hydrogen-bond acceptors (Lipinski definition) is 5. The van der Waals surface area contributed by atoms with Gasteiger partial charge in [0.2, 0.25) is 0 Å². The highest BCUT2D eigenvalue weighted by Gasteiger charge is 2.26. The number of carbonyl (C=O) groups excluding carboxylic acids is 2. The molecule has 1 aromatic rings. The molecule has 2 aliphatic carbocycles. The van der Waals surface area contributed by atoms with Crippen molar-refractivity contribution < 1.29 is 24.2 Å². The maximum Gasteiger partial charge on any atom is 0.306 e. The number of Topliss-reactive ketones (excluding diaryl/α,β-unsaturated/α-hetero) is 1. The summed E-state index contributed by atoms with van der Waals surface area (Å²) in [7, 11) is 0. The Balaban J connectivity index is 1.44. The Morgan fingerprint density at radius 3 is 2.85 bits per heavy atom. The van der Waals surface area contributed by atoms with Gasteiger partial charge in [0.05, 0.1) is 6.10 Å². The van der Waals surface area contributed by atoms with E-state index in [-0.39, 0.29) is 37.0 Å². The van der Waals surface area contributed by atoms with Crippen molar-refractivity contribution in [2.75, 3.05) is 6.61 Å². The molecule has 0 amide bonds. The van der Waals surface area contributed by atoms with Crippen LogP contribution in [-0.4, -0.2) is 29.6 Å². The van der Waals surface area contributed by atoms with Crippen LogP contribution in [0.1, 0.15) is 56.9 Å². The first-order valence-corrected chi connectivity index (χ1v) is 9.66. The zero-order valence-electron chi connectivity index (χ0n) is 15.2. The number of hydrogen-bond donors (Lipinski definition) is 1. The van der Waals surface area contributed by atoms with Gasteiger partial charge in [0.25, 0.3) is 0 Å².